The summed E-state index contributed by atoms with van der Waals surface area (Å²) in [5.74, 6) is 0.740. The van der Waals surface area contributed by atoms with E-state index >= 15 is 0 Å². The molecule has 0 radical (unpaired) electrons. The number of nitrogens with zero attached hydrogens (tertiary/aromatic N) is 1. The Morgan fingerprint density at radius 1 is 1.47 bits per heavy atom. The first-order valence-electron chi connectivity index (χ1n) is 7.15. The number of thiophene rings is 1. The highest BCUT2D eigenvalue weighted by molar-refractivity contribution is 7.16. The molecule has 108 valence electrons. The fraction of sp³-hybridized carbons (Fsp3) is 0.733. The Morgan fingerprint density at radius 2 is 2.21 bits per heavy atom. The lowest BCUT2D eigenvalue weighted by atomic mass is 10.0. The van der Waals surface area contributed by atoms with Gasteiger partial charge in [-0.05, 0) is 50.9 Å². The minimum absolute atomic E-state index is 0.508. The first-order valence-corrected chi connectivity index (χ1v) is 8.34. The van der Waals surface area contributed by atoms with Gasteiger partial charge in [-0.3, -0.25) is 0 Å². The summed E-state index contributed by atoms with van der Waals surface area (Å²) in [4.78, 5) is 3.82. The fourth-order valence-electron chi connectivity index (χ4n) is 2.84. The summed E-state index contributed by atoms with van der Waals surface area (Å²) in [6.45, 7) is 5.65. The third-order valence-corrected chi connectivity index (χ3v) is 5.26. The summed E-state index contributed by atoms with van der Waals surface area (Å²) in [5.41, 5.74) is 1.44. The molecular weight excluding hydrogens is 276 g/mol. The predicted octanol–water partition coefficient (Wildman–Crippen LogP) is 3.95. The minimum atomic E-state index is 0.508. The van der Waals surface area contributed by atoms with Crippen molar-refractivity contribution in [2.75, 3.05) is 20.6 Å². The number of aryl methyl sites for hydroxylation is 1. The highest BCUT2D eigenvalue weighted by atomic mass is 35.5. The van der Waals surface area contributed by atoms with Crippen LogP contribution < -0.4 is 5.32 Å². The van der Waals surface area contributed by atoms with Gasteiger partial charge in [-0.25, -0.2) is 0 Å². The van der Waals surface area contributed by atoms with Crippen LogP contribution >= 0.6 is 22.9 Å². The van der Waals surface area contributed by atoms with E-state index in [-0.39, 0.29) is 0 Å². The highest BCUT2D eigenvalue weighted by Crippen LogP contribution is 2.39. The van der Waals surface area contributed by atoms with E-state index in [0.717, 1.165) is 16.8 Å². The van der Waals surface area contributed by atoms with Crippen molar-refractivity contribution in [3.05, 3.63) is 20.8 Å². The molecule has 2 nitrogen and oxygen atoms in total. The van der Waals surface area contributed by atoms with Crippen LogP contribution in [0.15, 0.2) is 6.07 Å². The van der Waals surface area contributed by atoms with Gasteiger partial charge in [0.25, 0.3) is 0 Å². The van der Waals surface area contributed by atoms with Crippen molar-refractivity contribution in [3.8, 4) is 0 Å². The Morgan fingerprint density at radius 3 is 2.84 bits per heavy atom. The van der Waals surface area contributed by atoms with Crippen LogP contribution in [0, 0.1) is 5.92 Å². The Labute approximate surface area is 126 Å². The molecule has 0 fully saturated rings. The van der Waals surface area contributed by atoms with Crippen LogP contribution in [0.2, 0.25) is 4.34 Å². The molecule has 0 amide bonds. The second-order valence-corrected chi connectivity index (χ2v) is 7.94. The van der Waals surface area contributed by atoms with Crippen molar-refractivity contribution >= 4 is 22.9 Å². The first kappa shape index (κ1) is 15.3. The van der Waals surface area contributed by atoms with Crippen molar-refractivity contribution in [2.24, 2.45) is 5.92 Å². The molecule has 2 rings (SSSR count). The number of fused-ring (bicyclic) bond motifs is 1. The zero-order valence-electron chi connectivity index (χ0n) is 12.4. The smallest absolute Gasteiger partial charge is 0.0934 e. The molecule has 1 aromatic heterocycles. The monoisotopic (exact) mass is 300 g/mol. The number of hydrogen-bond acceptors (Lipinski definition) is 3. The Hall–Kier alpha value is -0.0900. The molecule has 0 saturated heterocycles. The summed E-state index contributed by atoms with van der Waals surface area (Å²) in [6, 6.07) is 3.27. The third kappa shape index (κ3) is 3.94. The van der Waals surface area contributed by atoms with Crippen molar-refractivity contribution < 1.29 is 0 Å². The van der Waals surface area contributed by atoms with Gasteiger partial charge in [0.2, 0.25) is 0 Å². The van der Waals surface area contributed by atoms with E-state index in [1.165, 1.54) is 29.7 Å². The Bertz CT molecular complexity index is 414. The van der Waals surface area contributed by atoms with Crippen LogP contribution in [-0.4, -0.2) is 31.6 Å². The molecule has 0 bridgehead atoms. The van der Waals surface area contributed by atoms with Crippen molar-refractivity contribution in [1.82, 2.24) is 10.2 Å². The molecule has 1 aromatic rings. The van der Waals surface area contributed by atoms with Crippen molar-refractivity contribution in [2.45, 2.75) is 45.2 Å². The van der Waals surface area contributed by atoms with Gasteiger partial charge in [-0.2, -0.15) is 0 Å². The van der Waals surface area contributed by atoms with Gasteiger partial charge in [0.15, 0.2) is 0 Å². The Kier molecular flexibility index (Phi) is 5.29. The van der Waals surface area contributed by atoms with E-state index in [9.17, 15) is 0 Å². The number of rotatable bonds is 6. The molecule has 0 saturated carbocycles. The summed E-state index contributed by atoms with van der Waals surface area (Å²) in [7, 11) is 4.35. The summed E-state index contributed by atoms with van der Waals surface area (Å²) < 4.78 is 0.933. The highest BCUT2D eigenvalue weighted by Gasteiger charge is 2.25. The second kappa shape index (κ2) is 6.57. The number of likely N-dealkylation sites (N-methyl/N-ethyl adjacent to an activating group) is 1. The van der Waals surface area contributed by atoms with Gasteiger partial charge in [-0.15, -0.1) is 11.3 Å². The summed E-state index contributed by atoms with van der Waals surface area (Å²) in [5, 5.41) is 3.74. The summed E-state index contributed by atoms with van der Waals surface area (Å²) in [6.07, 6.45) is 3.64. The molecule has 2 unspecified atom stereocenters. The van der Waals surface area contributed by atoms with Gasteiger partial charge in [0.05, 0.1) is 4.34 Å². The summed E-state index contributed by atoms with van der Waals surface area (Å²) >= 11 is 7.85. The lowest BCUT2D eigenvalue weighted by molar-refractivity contribution is 0.240. The maximum atomic E-state index is 6.11. The standard InChI is InChI=1S/C15H25ClN2S/c1-10(2)7-11(18(3)4)9-17-13-5-6-14-12(13)8-15(16)19-14/h8,10-11,13,17H,5-7,9H2,1-4H3. The van der Waals surface area contributed by atoms with E-state index < -0.39 is 0 Å². The normalized spacial score (nSPS) is 20.3. The molecular formula is C15H25ClN2S. The van der Waals surface area contributed by atoms with Gasteiger partial charge >= 0.3 is 0 Å². The van der Waals surface area contributed by atoms with Crippen LogP contribution in [0.25, 0.3) is 0 Å². The quantitative estimate of drug-likeness (QED) is 0.855. The number of halogens is 1. The van der Waals surface area contributed by atoms with Crippen molar-refractivity contribution in [1.29, 1.82) is 0 Å². The third-order valence-electron chi connectivity index (χ3n) is 3.92. The molecule has 1 heterocycles. The van der Waals surface area contributed by atoms with E-state index in [2.05, 4.69) is 44.2 Å². The average molecular weight is 301 g/mol. The van der Waals surface area contributed by atoms with Crippen LogP contribution in [0.3, 0.4) is 0 Å². The SMILES string of the molecule is CC(C)CC(CNC1CCc2sc(Cl)cc21)N(C)C. The zero-order chi connectivity index (χ0) is 14.0. The molecule has 1 aliphatic rings. The number of hydrogen-bond donors (Lipinski definition) is 1. The minimum Gasteiger partial charge on any atom is -0.308 e. The molecule has 1 aliphatic carbocycles. The lowest BCUT2D eigenvalue weighted by Gasteiger charge is -2.28. The van der Waals surface area contributed by atoms with E-state index in [4.69, 9.17) is 11.6 Å². The van der Waals surface area contributed by atoms with Crippen LogP contribution in [0.4, 0.5) is 0 Å². The van der Waals surface area contributed by atoms with E-state index in [0.29, 0.717) is 12.1 Å². The second-order valence-electron chi connectivity index (χ2n) is 6.18. The molecule has 0 aromatic carbocycles. The lowest BCUT2D eigenvalue weighted by Crippen LogP contribution is -2.39. The van der Waals surface area contributed by atoms with Crippen molar-refractivity contribution in [3.63, 3.8) is 0 Å². The maximum Gasteiger partial charge on any atom is 0.0934 e. The van der Waals surface area contributed by atoms with Gasteiger partial charge < -0.3 is 10.2 Å². The largest absolute Gasteiger partial charge is 0.308 e. The fourth-order valence-corrected chi connectivity index (χ4v) is 4.20. The van der Waals surface area contributed by atoms with E-state index in [1.807, 2.05) is 0 Å². The first-order chi connectivity index (χ1) is 8.97. The topological polar surface area (TPSA) is 15.3 Å². The van der Waals surface area contributed by atoms with Gasteiger partial charge in [-0.1, -0.05) is 25.4 Å². The van der Waals surface area contributed by atoms with Gasteiger partial charge in [0.1, 0.15) is 0 Å². The Balaban J connectivity index is 1.91. The van der Waals surface area contributed by atoms with Crippen LogP contribution in [0.1, 0.15) is 43.2 Å². The zero-order valence-corrected chi connectivity index (χ0v) is 13.9. The molecule has 0 aliphatic heterocycles. The molecule has 4 heteroatoms. The molecule has 0 spiro atoms. The predicted molar refractivity (Wildman–Crippen MR) is 85.3 cm³/mol. The molecule has 2 atom stereocenters. The number of nitrogens with one attached hydrogen (secondary N) is 1. The maximum absolute atomic E-state index is 6.11. The average Bonchev–Trinajstić information content (AvgIpc) is 2.83. The molecule has 19 heavy (non-hydrogen) atoms. The van der Waals surface area contributed by atoms with Gasteiger partial charge in [0, 0.05) is 23.5 Å². The van der Waals surface area contributed by atoms with E-state index in [1.54, 1.807) is 11.3 Å². The van der Waals surface area contributed by atoms with Crippen LogP contribution in [0.5, 0.6) is 0 Å². The molecule has 1 N–H and O–H groups in total. The van der Waals surface area contributed by atoms with Crippen LogP contribution in [-0.2, 0) is 6.42 Å².